The summed E-state index contributed by atoms with van der Waals surface area (Å²) in [6.07, 6.45) is 0. The minimum absolute atomic E-state index is 0.211. The van der Waals surface area contributed by atoms with E-state index in [1.54, 1.807) is 55.6 Å². The molecule has 0 spiro atoms. The third-order valence-electron chi connectivity index (χ3n) is 3.78. The first kappa shape index (κ1) is 18.5. The number of benzene rings is 2. The van der Waals surface area contributed by atoms with Gasteiger partial charge in [0, 0.05) is 17.3 Å². The summed E-state index contributed by atoms with van der Waals surface area (Å²) in [6, 6.07) is 15.4. The Hall–Kier alpha value is -3.32. The van der Waals surface area contributed by atoms with Crippen molar-refractivity contribution in [2.45, 2.75) is 0 Å². The van der Waals surface area contributed by atoms with Gasteiger partial charge in [0.1, 0.15) is 11.5 Å². The van der Waals surface area contributed by atoms with E-state index in [-0.39, 0.29) is 11.8 Å². The number of anilines is 2. The zero-order valence-corrected chi connectivity index (χ0v) is 15.6. The predicted molar refractivity (Wildman–Crippen MR) is 106 cm³/mol. The molecule has 2 N–H and O–H groups in total. The molecule has 0 saturated heterocycles. The number of ether oxygens (including phenoxy) is 2. The fraction of sp³-hybridized carbons (Fsp3) is 0.100. The van der Waals surface area contributed by atoms with Gasteiger partial charge < -0.3 is 20.1 Å². The van der Waals surface area contributed by atoms with Gasteiger partial charge in [0.2, 0.25) is 0 Å². The van der Waals surface area contributed by atoms with E-state index in [0.717, 1.165) is 0 Å². The van der Waals surface area contributed by atoms with Crippen LogP contribution in [0.25, 0.3) is 0 Å². The lowest BCUT2D eigenvalue weighted by atomic mass is 10.1. The van der Waals surface area contributed by atoms with Crippen molar-refractivity contribution in [3.63, 3.8) is 0 Å². The molecule has 0 radical (unpaired) electrons. The number of hydrogen-bond acceptors (Lipinski definition) is 5. The average Bonchev–Trinajstić information content (AvgIpc) is 3.23. The maximum absolute atomic E-state index is 12.6. The fourth-order valence-electron chi connectivity index (χ4n) is 2.44. The molecule has 0 aliphatic carbocycles. The van der Waals surface area contributed by atoms with Gasteiger partial charge in [-0.15, -0.1) is 11.3 Å². The number of methoxy groups -OCH3 is 2. The lowest BCUT2D eigenvalue weighted by Gasteiger charge is -2.12. The van der Waals surface area contributed by atoms with Crippen LogP contribution in [-0.4, -0.2) is 26.0 Å². The van der Waals surface area contributed by atoms with Gasteiger partial charge in [-0.1, -0.05) is 12.1 Å². The Morgan fingerprint density at radius 2 is 1.74 bits per heavy atom. The van der Waals surface area contributed by atoms with Crippen molar-refractivity contribution in [3.05, 3.63) is 70.4 Å². The smallest absolute Gasteiger partial charge is 0.265 e. The molecule has 27 heavy (non-hydrogen) atoms. The van der Waals surface area contributed by atoms with E-state index in [2.05, 4.69) is 10.6 Å². The summed E-state index contributed by atoms with van der Waals surface area (Å²) in [7, 11) is 3.07. The van der Waals surface area contributed by atoms with Crippen LogP contribution in [-0.2, 0) is 0 Å². The van der Waals surface area contributed by atoms with Crippen LogP contribution in [0.5, 0.6) is 11.5 Å². The summed E-state index contributed by atoms with van der Waals surface area (Å²) in [4.78, 5) is 25.4. The summed E-state index contributed by atoms with van der Waals surface area (Å²) in [6.45, 7) is 0. The zero-order valence-electron chi connectivity index (χ0n) is 14.8. The van der Waals surface area contributed by atoms with E-state index >= 15 is 0 Å². The Kier molecular flexibility index (Phi) is 5.73. The highest BCUT2D eigenvalue weighted by Gasteiger charge is 2.13. The second-order valence-corrected chi connectivity index (χ2v) is 6.48. The molecule has 6 nitrogen and oxygen atoms in total. The SMILES string of the molecule is COc1ccc(OC)c(NC(=O)c2cccc(NC(=O)c3cccs3)c2)c1. The van der Waals surface area contributed by atoms with Crippen molar-refractivity contribution in [2.75, 3.05) is 24.9 Å². The summed E-state index contributed by atoms with van der Waals surface area (Å²) in [5.41, 5.74) is 1.44. The first-order valence-electron chi connectivity index (χ1n) is 8.09. The van der Waals surface area contributed by atoms with Gasteiger partial charge in [-0.3, -0.25) is 9.59 Å². The number of nitrogens with one attached hydrogen (secondary N) is 2. The van der Waals surface area contributed by atoms with Gasteiger partial charge in [-0.25, -0.2) is 0 Å². The van der Waals surface area contributed by atoms with Crippen LogP contribution < -0.4 is 20.1 Å². The van der Waals surface area contributed by atoms with Crippen molar-refractivity contribution in [3.8, 4) is 11.5 Å². The molecule has 138 valence electrons. The molecule has 3 aromatic rings. The van der Waals surface area contributed by atoms with Crippen molar-refractivity contribution < 1.29 is 19.1 Å². The van der Waals surface area contributed by atoms with Crippen LogP contribution in [0.2, 0.25) is 0 Å². The average molecular weight is 382 g/mol. The van der Waals surface area contributed by atoms with E-state index in [1.807, 2.05) is 11.4 Å². The van der Waals surface area contributed by atoms with Gasteiger partial charge in [0.25, 0.3) is 11.8 Å². The number of carbonyl (C=O) groups is 2. The minimum Gasteiger partial charge on any atom is -0.497 e. The molecule has 0 atom stereocenters. The molecule has 0 unspecified atom stereocenters. The number of amides is 2. The van der Waals surface area contributed by atoms with Crippen LogP contribution in [0.3, 0.4) is 0 Å². The van der Waals surface area contributed by atoms with E-state index in [9.17, 15) is 9.59 Å². The second-order valence-electron chi connectivity index (χ2n) is 5.53. The van der Waals surface area contributed by atoms with Crippen LogP contribution in [0, 0.1) is 0 Å². The third-order valence-corrected chi connectivity index (χ3v) is 4.65. The third kappa shape index (κ3) is 4.45. The lowest BCUT2D eigenvalue weighted by molar-refractivity contribution is 0.101. The summed E-state index contributed by atoms with van der Waals surface area (Å²) >= 11 is 1.35. The van der Waals surface area contributed by atoms with Crippen molar-refractivity contribution in [1.29, 1.82) is 0 Å². The lowest BCUT2D eigenvalue weighted by Crippen LogP contribution is -2.14. The number of rotatable bonds is 6. The van der Waals surface area contributed by atoms with E-state index in [4.69, 9.17) is 9.47 Å². The minimum atomic E-state index is -0.325. The quantitative estimate of drug-likeness (QED) is 0.667. The Balaban J connectivity index is 1.77. The molecular weight excluding hydrogens is 364 g/mol. The molecule has 0 aliphatic heterocycles. The molecule has 1 heterocycles. The number of carbonyl (C=O) groups excluding carboxylic acids is 2. The first-order chi connectivity index (χ1) is 13.1. The van der Waals surface area contributed by atoms with Crippen LogP contribution in [0.4, 0.5) is 11.4 Å². The number of hydrogen-bond donors (Lipinski definition) is 2. The molecule has 1 aromatic heterocycles. The molecule has 0 aliphatic rings. The summed E-state index contributed by atoms with van der Waals surface area (Å²) in [5.74, 6) is 0.583. The van der Waals surface area contributed by atoms with Crippen LogP contribution in [0.1, 0.15) is 20.0 Å². The predicted octanol–water partition coefficient (Wildman–Crippen LogP) is 4.27. The van der Waals surface area contributed by atoms with E-state index < -0.39 is 0 Å². The highest BCUT2D eigenvalue weighted by atomic mass is 32.1. The Labute approximate surface area is 160 Å². The van der Waals surface area contributed by atoms with E-state index in [1.165, 1.54) is 18.4 Å². The Morgan fingerprint density at radius 3 is 2.44 bits per heavy atom. The molecular formula is C20H18N2O4S. The monoisotopic (exact) mass is 382 g/mol. The number of thiophene rings is 1. The summed E-state index contributed by atoms with van der Waals surface area (Å²) < 4.78 is 10.5. The molecule has 2 aromatic carbocycles. The van der Waals surface area contributed by atoms with Gasteiger partial charge in [-0.05, 0) is 41.8 Å². The molecule has 0 saturated carbocycles. The normalized spacial score (nSPS) is 10.1. The van der Waals surface area contributed by atoms with Gasteiger partial charge in [-0.2, -0.15) is 0 Å². The topological polar surface area (TPSA) is 76.7 Å². The van der Waals surface area contributed by atoms with Crippen molar-refractivity contribution in [2.24, 2.45) is 0 Å². The molecule has 3 rings (SSSR count). The zero-order chi connectivity index (χ0) is 19.2. The molecule has 0 bridgehead atoms. The second kappa shape index (κ2) is 8.37. The standard InChI is InChI=1S/C20H18N2O4S/c1-25-15-8-9-17(26-2)16(12-15)22-19(23)13-5-3-6-14(11-13)21-20(24)18-7-4-10-27-18/h3-12H,1-2H3,(H,21,24)(H,22,23). The first-order valence-corrected chi connectivity index (χ1v) is 8.97. The van der Waals surface area contributed by atoms with Gasteiger partial charge >= 0.3 is 0 Å². The Bertz CT molecular complexity index is 954. The Morgan fingerprint density at radius 1 is 0.889 bits per heavy atom. The van der Waals surface area contributed by atoms with E-state index in [0.29, 0.717) is 33.3 Å². The highest BCUT2D eigenvalue weighted by Crippen LogP contribution is 2.29. The van der Waals surface area contributed by atoms with Crippen molar-refractivity contribution >= 4 is 34.5 Å². The highest BCUT2D eigenvalue weighted by molar-refractivity contribution is 7.12. The van der Waals surface area contributed by atoms with Crippen molar-refractivity contribution in [1.82, 2.24) is 0 Å². The van der Waals surface area contributed by atoms with Crippen LogP contribution in [0.15, 0.2) is 60.0 Å². The summed E-state index contributed by atoms with van der Waals surface area (Å²) in [5, 5.41) is 7.43. The molecule has 0 fully saturated rings. The van der Waals surface area contributed by atoms with Gasteiger partial charge in [0.15, 0.2) is 0 Å². The maximum atomic E-state index is 12.6. The van der Waals surface area contributed by atoms with Gasteiger partial charge in [0.05, 0.1) is 24.8 Å². The van der Waals surface area contributed by atoms with Crippen LogP contribution >= 0.6 is 11.3 Å². The molecule has 7 heteroatoms. The largest absolute Gasteiger partial charge is 0.497 e. The fourth-order valence-corrected chi connectivity index (χ4v) is 3.06. The molecule has 2 amide bonds. The maximum Gasteiger partial charge on any atom is 0.265 e.